The lowest BCUT2D eigenvalue weighted by molar-refractivity contribution is 0.102. The highest BCUT2D eigenvalue weighted by Gasteiger charge is 2.20. The smallest absolute Gasteiger partial charge is 0.261 e. The molecule has 0 aliphatic heterocycles. The number of benzene rings is 3. The summed E-state index contributed by atoms with van der Waals surface area (Å²) in [5.41, 5.74) is -0.846. The Kier molecular flexibility index (Phi) is 5.81. The molecule has 0 unspecified atom stereocenters. The van der Waals surface area contributed by atoms with Crippen LogP contribution in [0.2, 0.25) is 5.02 Å². The number of sulfonamides is 1. The van der Waals surface area contributed by atoms with E-state index in [0.29, 0.717) is 11.1 Å². The van der Waals surface area contributed by atoms with E-state index in [1.807, 2.05) is 0 Å². The summed E-state index contributed by atoms with van der Waals surface area (Å²) in [6.45, 7) is 0. The summed E-state index contributed by atoms with van der Waals surface area (Å²) in [4.78, 5) is 12.4. The molecule has 29 heavy (non-hydrogen) atoms. The number of halogens is 4. The number of para-hydroxylation sites is 1. The molecule has 0 spiro atoms. The number of carbonyl (C=O) groups excluding carboxylic acids is 1. The first-order chi connectivity index (χ1) is 13.7. The van der Waals surface area contributed by atoms with Gasteiger partial charge in [-0.05, 0) is 48.5 Å². The van der Waals surface area contributed by atoms with Crippen molar-refractivity contribution < 1.29 is 26.4 Å². The highest BCUT2D eigenvalue weighted by molar-refractivity contribution is 7.92. The lowest BCUT2D eigenvalue weighted by atomic mass is 10.1. The minimum Gasteiger partial charge on any atom is -0.319 e. The Morgan fingerprint density at radius 1 is 0.828 bits per heavy atom. The van der Waals surface area contributed by atoms with Crippen LogP contribution in [0, 0.1) is 17.5 Å². The summed E-state index contributed by atoms with van der Waals surface area (Å²) in [5.74, 6) is -5.64. The third-order valence-electron chi connectivity index (χ3n) is 3.82. The molecule has 3 rings (SSSR count). The molecule has 0 atom stereocenters. The lowest BCUT2D eigenvalue weighted by Crippen LogP contribution is -2.19. The van der Waals surface area contributed by atoms with Crippen molar-refractivity contribution in [3.8, 4) is 0 Å². The van der Waals surface area contributed by atoms with Crippen LogP contribution in [0.15, 0.2) is 65.6 Å². The normalized spacial score (nSPS) is 11.2. The van der Waals surface area contributed by atoms with E-state index >= 15 is 0 Å². The molecule has 0 fully saturated rings. The third-order valence-corrected chi connectivity index (χ3v) is 5.46. The Bertz CT molecular complexity index is 1190. The summed E-state index contributed by atoms with van der Waals surface area (Å²) in [5, 5.41) is 2.44. The van der Waals surface area contributed by atoms with Crippen LogP contribution in [0.3, 0.4) is 0 Å². The molecule has 150 valence electrons. The maximum absolute atomic E-state index is 13.8. The molecule has 0 aromatic heterocycles. The SMILES string of the molecule is O=C(Nc1ccc(F)c(F)c1F)c1ccccc1NS(=O)(=O)c1ccc(Cl)cc1. The van der Waals surface area contributed by atoms with E-state index in [-0.39, 0.29) is 16.1 Å². The third kappa shape index (κ3) is 4.52. The molecule has 3 aromatic carbocycles. The second-order valence-corrected chi connectivity index (χ2v) is 7.90. The molecular weight excluding hydrogens is 429 g/mol. The van der Waals surface area contributed by atoms with Gasteiger partial charge in [0.2, 0.25) is 0 Å². The fourth-order valence-electron chi connectivity index (χ4n) is 2.40. The molecular formula is C19H12ClF3N2O3S. The zero-order valence-electron chi connectivity index (χ0n) is 14.4. The minimum absolute atomic E-state index is 0.0937. The van der Waals surface area contributed by atoms with Crippen LogP contribution in [0.4, 0.5) is 24.5 Å². The number of rotatable bonds is 5. The first-order valence-corrected chi connectivity index (χ1v) is 9.87. The Hall–Kier alpha value is -3.04. The number of anilines is 2. The number of hydrogen-bond donors (Lipinski definition) is 2. The molecule has 0 aliphatic rings. The molecule has 5 nitrogen and oxygen atoms in total. The number of hydrogen-bond acceptors (Lipinski definition) is 3. The van der Waals surface area contributed by atoms with Gasteiger partial charge in [-0.15, -0.1) is 0 Å². The molecule has 0 bridgehead atoms. The fraction of sp³-hybridized carbons (Fsp3) is 0. The van der Waals surface area contributed by atoms with E-state index in [9.17, 15) is 26.4 Å². The standard InChI is InChI=1S/C19H12ClF3N2O3S/c20-11-5-7-12(8-6-11)29(27,28)25-15-4-2-1-3-13(15)19(26)24-16-10-9-14(21)17(22)18(16)23/h1-10,25H,(H,24,26). The van der Waals surface area contributed by atoms with Crippen LogP contribution in [-0.2, 0) is 10.0 Å². The van der Waals surface area contributed by atoms with Crippen LogP contribution in [-0.4, -0.2) is 14.3 Å². The zero-order valence-corrected chi connectivity index (χ0v) is 16.0. The van der Waals surface area contributed by atoms with Crippen molar-refractivity contribution >= 4 is 38.9 Å². The molecule has 0 radical (unpaired) electrons. The molecule has 0 aliphatic carbocycles. The fourth-order valence-corrected chi connectivity index (χ4v) is 3.61. The van der Waals surface area contributed by atoms with Gasteiger partial charge in [0, 0.05) is 5.02 Å². The molecule has 2 N–H and O–H groups in total. The van der Waals surface area contributed by atoms with Gasteiger partial charge in [0.15, 0.2) is 17.5 Å². The van der Waals surface area contributed by atoms with Crippen LogP contribution in [0.1, 0.15) is 10.4 Å². The van der Waals surface area contributed by atoms with Gasteiger partial charge < -0.3 is 5.32 Å². The van der Waals surface area contributed by atoms with Crippen molar-refractivity contribution in [2.45, 2.75) is 4.90 Å². The minimum atomic E-state index is -4.05. The Balaban J connectivity index is 1.90. The Morgan fingerprint density at radius 2 is 1.48 bits per heavy atom. The molecule has 0 heterocycles. The van der Waals surface area contributed by atoms with Gasteiger partial charge in [0.1, 0.15) is 0 Å². The van der Waals surface area contributed by atoms with E-state index in [4.69, 9.17) is 11.6 Å². The predicted octanol–water partition coefficient (Wildman–Crippen LogP) is 4.81. The topological polar surface area (TPSA) is 75.3 Å². The summed E-state index contributed by atoms with van der Waals surface area (Å²) in [7, 11) is -4.05. The van der Waals surface area contributed by atoms with Gasteiger partial charge >= 0.3 is 0 Å². The average Bonchev–Trinajstić information content (AvgIpc) is 2.69. The van der Waals surface area contributed by atoms with Crippen molar-refractivity contribution in [2.75, 3.05) is 10.0 Å². The molecule has 10 heteroatoms. The van der Waals surface area contributed by atoms with Gasteiger partial charge in [-0.25, -0.2) is 21.6 Å². The van der Waals surface area contributed by atoms with Crippen molar-refractivity contribution in [3.63, 3.8) is 0 Å². The largest absolute Gasteiger partial charge is 0.319 e. The summed E-state index contributed by atoms with van der Waals surface area (Å²) in [6.07, 6.45) is 0. The van der Waals surface area contributed by atoms with E-state index in [1.54, 1.807) is 0 Å². The van der Waals surface area contributed by atoms with E-state index in [1.165, 1.54) is 48.5 Å². The average molecular weight is 441 g/mol. The maximum atomic E-state index is 13.8. The van der Waals surface area contributed by atoms with E-state index in [2.05, 4.69) is 10.0 Å². The molecule has 1 amide bonds. The van der Waals surface area contributed by atoms with Crippen LogP contribution in [0.5, 0.6) is 0 Å². The van der Waals surface area contributed by atoms with Crippen LogP contribution < -0.4 is 10.0 Å². The molecule has 0 saturated carbocycles. The van der Waals surface area contributed by atoms with Gasteiger partial charge in [0.05, 0.1) is 21.8 Å². The number of carbonyl (C=O) groups is 1. The number of amides is 1. The summed E-state index contributed by atoms with van der Waals surface area (Å²) < 4.78 is 67.6. The first-order valence-electron chi connectivity index (χ1n) is 8.01. The van der Waals surface area contributed by atoms with Crippen LogP contribution in [0.25, 0.3) is 0 Å². The second-order valence-electron chi connectivity index (χ2n) is 5.78. The zero-order chi connectivity index (χ0) is 21.2. The highest BCUT2D eigenvalue weighted by atomic mass is 35.5. The van der Waals surface area contributed by atoms with Gasteiger partial charge in [-0.2, -0.15) is 0 Å². The van der Waals surface area contributed by atoms with Gasteiger partial charge in [0.25, 0.3) is 15.9 Å². The molecule has 0 saturated heterocycles. The van der Waals surface area contributed by atoms with Crippen molar-refractivity contribution in [3.05, 3.63) is 88.7 Å². The van der Waals surface area contributed by atoms with Gasteiger partial charge in [-0.3, -0.25) is 9.52 Å². The lowest BCUT2D eigenvalue weighted by Gasteiger charge is -2.13. The van der Waals surface area contributed by atoms with E-state index in [0.717, 1.165) is 6.07 Å². The molecule has 3 aromatic rings. The maximum Gasteiger partial charge on any atom is 0.261 e. The van der Waals surface area contributed by atoms with E-state index < -0.39 is 39.1 Å². The Morgan fingerprint density at radius 3 is 2.17 bits per heavy atom. The Labute approximate surface area is 169 Å². The quantitative estimate of drug-likeness (QED) is 0.559. The summed E-state index contributed by atoms with van der Waals surface area (Å²) in [6, 6.07) is 12.4. The van der Waals surface area contributed by atoms with Gasteiger partial charge in [-0.1, -0.05) is 23.7 Å². The van der Waals surface area contributed by atoms with Crippen molar-refractivity contribution in [1.29, 1.82) is 0 Å². The van der Waals surface area contributed by atoms with Crippen molar-refractivity contribution in [2.24, 2.45) is 0 Å². The predicted molar refractivity (Wildman–Crippen MR) is 103 cm³/mol. The number of nitrogens with one attached hydrogen (secondary N) is 2. The monoisotopic (exact) mass is 440 g/mol. The van der Waals surface area contributed by atoms with Crippen molar-refractivity contribution in [1.82, 2.24) is 0 Å². The highest BCUT2D eigenvalue weighted by Crippen LogP contribution is 2.24. The van der Waals surface area contributed by atoms with Crippen LogP contribution >= 0.6 is 11.6 Å². The summed E-state index contributed by atoms with van der Waals surface area (Å²) >= 11 is 5.75. The second kappa shape index (κ2) is 8.14. The first kappa shape index (κ1) is 20.7.